The molecule has 5 nitrogen and oxygen atoms in total. The molecule has 0 saturated carbocycles. The van der Waals surface area contributed by atoms with Crippen molar-refractivity contribution >= 4 is 23.3 Å². The molecule has 0 unspecified atom stereocenters. The molecular formula is C21H21ClF2N2O3. The quantitative estimate of drug-likeness (QED) is 0.677. The van der Waals surface area contributed by atoms with Gasteiger partial charge < -0.3 is 14.4 Å². The summed E-state index contributed by atoms with van der Waals surface area (Å²) in [5.74, 6) is -1.25. The number of halogens is 3. The number of rotatable bonds is 4. The van der Waals surface area contributed by atoms with E-state index in [0.29, 0.717) is 18.8 Å². The lowest BCUT2D eigenvalue weighted by atomic mass is 10.1. The second-order valence-corrected chi connectivity index (χ2v) is 8.02. The minimum atomic E-state index is -0.638. The van der Waals surface area contributed by atoms with Gasteiger partial charge in [0.05, 0.1) is 12.2 Å². The van der Waals surface area contributed by atoms with Gasteiger partial charge in [-0.25, -0.2) is 18.6 Å². The SMILES string of the molecule is CC(C)(C)OC(=O)N1CC=C(c2ccc(F)c(COc3ccc(Cl)cc3F)n2)C1. The number of amides is 1. The number of nitrogens with zero attached hydrogens (tertiary/aromatic N) is 2. The summed E-state index contributed by atoms with van der Waals surface area (Å²) < 4.78 is 38.7. The van der Waals surface area contributed by atoms with Gasteiger partial charge in [-0.2, -0.15) is 0 Å². The largest absolute Gasteiger partial charge is 0.484 e. The van der Waals surface area contributed by atoms with Crippen LogP contribution in [0.15, 0.2) is 36.4 Å². The molecule has 0 radical (unpaired) electrons. The van der Waals surface area contributed by atoms with Crippen LogP contribution in [-0.2, 0) is 11.3 Å². The first-order chi connectivity index (χ1) is 13.6. The Morgan fingerprint density at radius 1 is 1.21 bits per heavy atom. The summed E-state index contributed by atoms with van der Waals surface area (Å²) in [5, 5.41) is 0.240. The third-order valence-electron chi connectivity index (χ3n) is 4.08. The van der Waals surface area contributed by atoms with Crippen LogP contribution >= 0.6 is 11.6 Å². The summed E-state index contributed by atoms with van der Waals surface area (Å²) in [5.41, 5.74) is 0.742. The molecular weight excluding hydrogens is 402 g/mol. The van der Waals surface area contributed by atoms with Crippen LogP contribution in [0.3, 0.4) is 0 Å². The number of hydrogen-bond acceptors (Lipinski definition) is 4. The minimum Gasteiger partial charge on any atom is -0.484 e. The van der Waals surface area contributed by atoms with Gasteiger partial charge >= 0.3 is 6.09 Å². The highest BCUT2D eigenvalue weighted by molar-refractivity contribution is 6.30. The highest BCUT2D eigenvalue weighted by Crippen LogP contribution is 2.25. The number of hydrogen-bond donors (Lipinski definition) is 0. The molecule has 2 aromatic rings. The molecule has 1 aromatic carbocycles. The number of aromatic nitrogens is 1. The lowest BCUT2D eigenvalue weighted by molar-refractivity contribution is 0.0306. The zero-order chi connectivity index (χ0) is 21.2. The Morgan fingerprint density at radius 3 is 2.66 bits per heavy atom. The van der Waals surface area contributed by atoms with Crippen LogP contribution in [0.5, 0.6) is 5.75 Å². The number of carbonyl (C=O) groups is 1. The van der Waals surface area contributed by atoms with Gasteiger partial charge in [0.2, 0.25) is 0 Å². The van der Waals surface area contributed by atoms with E-state index in [1.165, 1.54) is 29.2 Å². The second kappa shape index (κ2) is 8.37. The van der Waals surface area contributed by atoms with E-state index in [4.69, 9.17) is 21.1 Å². The van der Waals surface area contributed by atoms with E-state index in [0.717, 1.165) is 11.6 Å². The smallest absolute Gasteiger partial charge is 0.410 e. The molecule has 2 heterocycles. The fourth-order valence-corrected chi connectivity index (χ4v) is 2.87. The predicted octanol–water partition coefficient (Wildman–Crippen LogP) is 5.23. The van der Waals surface area contributed by atoms with Gasteiger partial charge in [-0.05, 0) is 56.7 Å². The fourth-order valence-electron chi connectivity index (χ4n) is 2.71. The Morgan fingerprint density at radius 2 is 1.97 bits per heavy atom. The Labute approximate surface area is 172 Å². The Bertz CT molecular complexity index is 957. The number of pyridine rings is 1. The van der Waals surface area contributed by atoms with Crippen molar-refractivity contribution in [3.8, 4) is 5.75 Å². The van der Waals surface area contributed by atoms with Crippen LogP contribution in [0.25, 0.3) is 5.57 Å². The maximum atomic E-state index is 14.2. The molecule has 0 bridgehead atoms. The highest BCUT2D eigenvalue weighted by Gasteiger charge is 2.26. The number of carbonyl (C=O) groups excluding carboxylic acids is 1. The van der Waals surface area contributed by atoms with Crippen molar-refractivity contribution in [3.05, 3.63) is 64.5 Å². The normalized spacial score (nSPS) is 14.0. The number of benzene rings is 1. The third-order valence-corrected chi connectivity index (χ3v) is 4.31. The molecule has 29 heavy (non-hydrogen) atoms. The first-order valence-electron chi connectivity index (χ1n) is 9.03. The zero-order valence-corrected chi connectivity index (χ0v) is 17.1. The Hall–Kier alpha value is -2.67. The predicted molar refractivity (Wildman–Crippen MR) is 106 cm³/mol. The van der Waals surface area contributed by atoms with Crippen LogP contribution in [0, 0.1) is 11.6 Å². The molecule has 0 spiro atoms. The molecule has 1 aliphatic rings. The Balaban J connectivity index is 1.68. The van der Waals surface area contributed by atoms with Crippen LogP contribution in [-0.4, -0.2) is 34.7 Å². The molecule has 0 fully saturated rings. The van der Waals surface area contributed by atoms with Crippen molar-refractivity contribution in [1.29, 1.82) is 0 Å². The van der Waals surface area contributed by atoms with Gasteiger partial charge in [0.1, 0.15) is 23.7 Å². The summed E-state index contributed by atoms with van der Waals surface area (Å²) in [4.78, 5) is 18.0. The van der Waals surface area contributed by atoms with E-state index in [-0.39, 0.29) is 23.1 Å². The van der Waals surface area contributed by atoms with Gasteiger partial charge in [0.15, 0.2) is 11.6 Å². The van der Waals surface area contributed by atoms with Crippen molar-refractivity contribution in [2.24, 2.45) is 0 Å². The second-order valence-electron chi connectivity index (χ2n) is 7.58. The van der Waals surface area contributed by atoms with Crippen molar-refractivity contribution in [3.63, 3.8) is 0 Å². The van der Waals surface area contributed by atoms with E-state index < -0.39 is 23.3 Å². The summed E-state index contributed by atoms with van der Waals surface area (Å²) in [7, 11) is 0. The van der Waals surface area contributed by atoms with Crippen molar-refractivity contribution in [2.45, 2.75) is 33.0 Å². The molecule has 8 heteroatoms. The topological polar surface area (TPSA) is 51.7 Å². The van der Waals surface area contributed by atoms with Crippen LogP contribution in [0.4, 0.5) is 13.6 Å². The minimum absolute atomic E-state index is 0.0356. The van der Waals surface area contributed by atoms with Gasteiger partial charge in [0, 0.05) is 11.6 Å². The average Bonchev–Trinajstić information content (AvgIpc) is 3.11. The summed E-state index contributed by atoms with van der Waals surface area (Å²) >= 11 is 5.71. The van der Waals surface area contributed by atoms with Gasteiger partial charge in [-0.15, -0.1) is 0 Å². The third kappa shape index (κ3) is 5.44. The summed E-state index contributed by atoms with van der Waals surface area (Å²) in [6.45, 7) is 5.83. The molecule has 0 N–H and O–H groups in total. The van der Waals surface area contributed by atoms with Crippen LogP contribution in [0.1, 0.15) is 32.2 Å². The van der Waals surface area contributed by atoms with E-state index >= 15 is 0 Å². The van der Waals surface area contributed by atoms with E-state index in [1.807, 2.05) is 6.08 Å². The zero-order valence-electron chi connectivity index (χ0n) is 16.3. The monoisotopic (exact) mass is 422 g/mol. The van der Waals surface area contributed by atoms with Crippen molar-refractivity contribution < 1.29 is 23.0 Å². The standard InChI is InChI=1S/C21H21ClF2N2O3/c1-21(2,3)29-20(27)26-9-8-13(11-26)17-6-5-15(23)18(25-17)12-28-19-7-4-14(22)10-16(19)24/h4-8,10H,9,11-12H2,1-3H3. The maximum absolute atomic E-state index is 14.2. The first kappa shape index (κ1) is 21.0. The van der Waals surface area contributed by atoms with Gasteiger partial charge in [-0.1, -0.05) is 17.7 Å². The average molecular weight is 423 g/mol. The highest BCUT2D eigenvalue weighted by atomic mass is 35.5. The van der Waals surface area contributed by atoms with E-state index in [9.17, 15) is 13.6 Å². The van der Waals surface area contributed by atoms with E-state index in [1.54, 1.807) is 20.8 Å². The first-order valence-corrected chi connectivity index (χ1v) is 9.41. The molecule has 1 amide bonds. The number of ether oxygens (including phenoxy) is 2. The van der Waals surface area contributed by atoms with E-state index in [2.05, 4.69) is 4.98 Å². The lowest BCUT2D eigenvalue weighted by Gasteiger charge is -2.24. The molecule has 1 aliphatic heterocycles. The van der Waals surface area contributed by atoms with Gasteiger partial charge in [0.25, 0.3) is 0 Å². The van der Waals surface area contributed by atoms with Crippen molar-refractivity contribution in [2.75, 3.05) is 13.1 Å². The van der Waals surface area contributed by atoms with Gasteiger partial charge in [-0.3, -0.25) is 0 Å². The molecule has 154 valence electrons. The lowest BCUT2D eigenvalue weighted by Crippen LogP contribution is -2.35. The molecule has 1 aromatic heterocycles. The summed E-state index contributed by atoms with van der Waals surface area (Å²) in [6.07, 6.45) is 1.42. The fraction of sp³-hybridized carbons (Fsp3) is 0.333. The maximum Gasteiger partial charge on any atom is 0.410 e. The molecule has 3 rings (SSSR count). The molecule has 0 aliphatic carbocycles. The summed E-state index contributed by atoms with van der Waals surface area (Å²) in [6, 6.07) is 6.78. The molecule has 0 atom stereocenters. The van der Waals surface area contributed by atoms with Crippen molar-refractivity contribution in [1.82, 2.24) is 9.88 Å². The van der Waals surface area contributed by atoms with Crippen LogP contribution in [0.2, 0.25) is 5.02 Å². The Kier molecular flexibility index (Phi) is 6.07. The molecule has 0 saturated heterocycles. The van der Waals surface area contributed by atoms with Crippen LogP contribution < -0.4 is 4.74 Å².